The van der Waals surface area contributed by atoms with Gasteiger partial charge in [0.25, 0.3) is 0 Å². The van der Waals surface area contributed by atoms with E-state index in [0.29, 0.717) is 19.4 Å². The van der Waals surface area contributed by atoms with Gasteiger partial charge in [0.15, 0.2) is 0 Å². The van der Waals surface area contributed by atoms with E-state index in [0.717, 1.165) is 16.3 Å². The van der Waals surface area contributed by atoms with E-state index in [1.165, 1.54) is 4.90 Å². The minimum atomic E-state index is -0.699. The zero-order valence-corrected chi connectivity index (χ0v) is 16.7. The van der Waals surface area contributed by atoms with Crippen LogP contribution in [-0.4, -0.2) is 71.9 Å². The molecule has 156 valence electrons. The van der Waals surface area contributed by atoms with Crippen molar-refractivity contribution >= 4 is 22.6 Å². The van der Waals surface area contributed by atoms with Gasteiger partial charge < -0.3 is 25.7 Å². The van der Waals surface area contributed by atoms with Crippen molar-refractivity contribution in [2.24, 2.45) is 0 Å². The van der Waals surface area contributed by atoms with Crippen molar-refractivity contribution in [3.8, 4) is 0 Å². The molecule has 3 atom stereocenters. The van der Waals surface area contributed by atoms with E-state index >= 15 is 0 Å². The number of β-amino-alcohol motifs (C(OH)–C–C–N with tert-alkyl or cyclic N) is 1. The third kappa shape index (κ3) is 5.32. The number of benzene rings is 2. The van der Waals surface area contributed by atoms with E-state index < -0.39 is 18.2 Å². The van der Waals surface area contributed by atoms with Crippen LogP contribution in [0.2, 0.25) is 0 Å². The van der Waals surface area contributed by atoms with Crippen LogP contribution in [0.1, 0.15) is 18.4 Å². The SMILES string of the molecule is CNCC[C@H](NC(=O)Cc1ccc2ccccc2c1)C(=O)N1C[C@@H](O)C[C@H]1CO. The van der Waals surface area contributed by atoms with Gasteiger partial charge in [0.05, 0.1) is 25.2 Å². The summed E-state index contributed by atoms with van der Waals surface area (Å²) in [5.41, 5.74) is 0.880. The van der Waals surface area contributed by atoms with Crippen molar-refractivity contribution in [2.45, 2.75) is 37.5 Å². The van der Waals surface area contributed by atoms with Crippen LogP contribution < -0.4 is 10.6 Å². The molecule has 0 aliphatic carbocycles. The molecule has 0 spiro atoms. The molecule has 0 radical (unpaired) electrons. The van der Waals surface area contributed by atoms with Crippen LogP contribution in [0.25, 0.3) is 10.8 Å². The fourth-order valence-corrected chi connectivity index (χ4v) is 3.86. The molecule has 0 saturated carbocycles. The Balaban J connectivity index is 1.68. The summed E-state index contributed by atoms with van der Waals surface area (Å²) in [7, 11) is 1.79. The Hall–Kier alpha value is -2.48. The maximum atomic E-state index is 13.0. The molecule has 7 nitrogen and oxygen atoms in total. The van der Waals surface area contributed by atoms with E-state index in [9.17, 15) is 19.8 Å². The molecule has 1 fully saturated rings. The number of hydrogen-bond acceptors (Lipinski definition) is 5. The molecule has 1 heterocycles. The average Bonchev–Trinajstić information content (AvgIpc) is 3.11. The van der Waals surface area contributed by atoms with Crippen LogP contribution in [0.3, 0.4) is 0 Å². The molecule has 4 N–H and O–H groups in total. The minimum absolute atomic E-state index is 0.181. The maximum Gasteiger partial charge on any atom is 0.245 e. The zero-order valence-electron chi connectivity index (χ0n) is 16.7. The maximum absolute atomic E-state index is 13.0. The summed E-state index contributed by atoms with van der Waals surface area (Å²) >= 11 is 0. The van der Waals surface area contributed by atoms with E-state index in [-0.39, 0.29) is 31.4 Å². The summed E-state index contributed by atoms with van der Waals surface area (Å²) in [5, 5.41) is 27.4. The Kier molecular flexibility index (Phi) is 7.19. The predicted octanol–water partition coefficient (Wildman–Crippen LogP) is 0.431. The molecule has 1 aliphatic heterocycles. The molecule has 0 unspecified atom stereocenters. The van der Waals surface area contributed by atoms with Crippen LogP contribution in [0, 0.1) is 0 Å². The van der Waals surface area contributed by atoms with Crippen LogP contribution in [-0.2, 0) is 16.0 Å². The fraction of sp³-hybridized carbons (Fsp3) is 0.455. The number of likely N-dealkylation sites (tertiary alicyclic amines) is 1. The van der Waals surface area contributed by atoms with Gasteiger partial charge in [0.2, 0.25) is 11.8 Å². The lowest BCUT2D eigenvalue weighted by Gasteiger charge is -2.28. The van der Waals surface area contributed by atoms with Gasteiger partial charge in [0.1, 0.15) is 6.04 Å². The summed E-state index contributed by atoms with van der Waals surface area (Å²) in [4.78, 5) is 27.1. The van der Waals surface area contributed by atoms with Gasteiger partial charge >= 0.3 is 0 Å². The van der Waals surface area contributed by atoms with E-state index in [4.69, 9.17) is 0 Å². The van der Waals surface area contributed by atoms with E-state index in [1.807, 2.05) is 42.5 Å². The van der Waals surface area contributed by atoms with Crippen molar-refractivity contribution in [1.29, 1.82) is 0 Å². The minimum Gasteiger partial charge on any atom is -0.394 e. The third-order valence-electron chi connectivity index (χ3n) is 5.38. The van der Waals surface area contributed by atoms with Crippen molar-refractivity contribution in [3.63, 3.8) is 0 Å². The molecule has 1 aliphatic rings. The van der Waals surface area contributed by atoms with Gasteiger partial charge in [0, 0.05) is 6.54 Å². The highest BCUT2D eigenvalue weighted by molar-refractivity contribution is 5.90. The number of nitrogens with one attached hydrogen (secondary N) is 2. The molecular formula is C22H29N3O4. The van der Waals surface area contributed by atoms with Crippen LogP contribution in [0.4, 0.5) is 0 Å². The highest BCUT2D eigenvalue weighted by atomic mass is 16.3. The first-order valence-electron chi connectivity index (χ1n) is 10.0. The highest BCUT2D eigenvalue weighted by Gasteiger charge is 2.37. The molecule has 0 bridgehead atoms. The van der Waals surface area contributed by atoms with Gasteiger partial charge in [-0.15, -0.1) is 0 Å². The smallest absolute Gasteiger partial charge is 0.245 e. The number of rotatable bonds is 8. The number of aliphatic hydroxyl groups is 2. The van der Waals surface area contributed by atoms with Gasteiger partial charge in [-0.05, 0) is 42.8 Å². The second-order valence-electron chi connectivity index (χ2n) is 7.59. The molecular weight excluding hydrogens is 370 g/mol. The first kappa shape index (κ1) is 21.2. The first-order valence-corrected chi connectivity index (χ1v) is 10.0. The van der Waals surface area contributed by atoms with Gasteiger partial charge in [-0.25, -0.2) is 0 Å². The Morgan fingerprint density at radius 2 is 1.97 bits per heavy atom. The highest BCUT2D eigenvalue weighted by Crippen LogP contribution is 2.20. The summed E-state index contributed by atoms with van der Waals surface area (Å²) in [6.07, 6.45) is 0.324. The fourth-order valence-electron chi connectivity index (χ4n) is 3.86. The average molecular weight is 399 g/mol. The second kappa shape index (κ2) is 9.82. The Labute approximate surface area is 170 Å². The molecule has 3 rings (SSSR count). The molecule has 1 saturated heterocycles. The number of carbonyl (C=O) groups is 2. The van der Waals surface area contributed by atoms with E-state index in [2.05, 4.69) is 10.6 Å². The van der Waals surface area contributed by atoms with Crippen LogP contribution >= 0.6 is 0 Å². The van der Waals surface area contributed by atoms with Crippen LogP contribution in [0.15, 0.2) is 42.5 Å². The van der Waals surface area contributed by atoms with Crippen LogP contribution in [0.5, 0.6) is 0 Å². The van der Waals surface area contributed by atoms with Gasteiger partial charge in [-0.1, -0.05) is 42.5 Å². The summed E-state index contributed by atoms with van der Waals surface area (Å²) in [6, 6.07) is 12.7. The standard InChI is InChI=1S/C22H29N3O4/c1-23-9-8-20(22(29)25-13-19(27)12-18(25)14-26)24-21(28)11-15-6-7-16-4-2-3-5-17(16)10-15/h2-7,10,18-20,23,26-27H,8-9,11-14H2,1H3,(H,24,28)/t18-,19-,20-/m0/s1. The molecule has 29 heavy (non-hydrogen) atoms. The number of hydrogen-bond donors (Lipinski definition) is 4. The topological polar surface area (TPSA) is 102 Å². The van der Waals surface area contributed by atoms with E-state index in [1.54, 1.807) is 7.05 Å². The van der Waals surface area contributed by atoms with Crippen molar-refractivity contribution in [2.75, 3.05) is 26.7 Å². The predicted molar refractivity (Wildman–Crippen MR) is 111 cm³/mol. The monoisotopic (exact) mass is 399 g/mol. The van der Waals surface area contributed by atoms with Crippen molar-refractivity contribution in [3.05, 3.63) is 48.0 Å². The Bertz CT molecular complexity index is 857. The largest absolute Gasteiger partial charge is 0.394 e. The number of amides is 2. The van der Waals surface area contributed by atoms with Crippen molar-refractivity contribution < 1.29 is 19.8 Å². The number of nitrogens with zero attached hydrogens (tertiary/aromatic N) is 1. The third-order valence-corrected chi connectivity index (χ3v) is 5.38. The lowest BCUT2D eigenvalue weighted by atomic mass is 10.0. The molecule has 2 amide bonds. The van der Waals surface area contributed by atoms with Gasteiger partial charge in [-0.2, -0.15) is 0 Å². The molecule has 2 aromatic rings. The molecule has 7 heteroatoms. The lowest BCUT2D eigenvalue weighted by Crippen LogP contribution is -2.52. The van der Waals surface area contributed by atoms with Crippen molar-refractivity contribution in [1.82, 2.24) is 15.5 Å². The molecule has 0 aromatic heterocycles. The number of aliphatic hydroxyl groups excluding tert-OH is 2. The first-order chi connectivity index (χ1) is 14.0. The Morgan fingerprint density at radius 1 is 1.21 bits per heavy atom. The lowest BCUT2D eigenvalue weighted by molar-refractivity contribution is -0.138. The Morgan fingerprint density at radius 3 is 2.69 bits per heavy atom. The summed E-state index contributed by atoms with van der Waals surface area (Å²) < 4.78 is 0. The number of fused-ring (bicyclic) bond motifs is 1. The molecule has 2 aromatic carbocycles. The van der Waals surface area contributed by atoms with Gasteiger partial charge in [-0.3, -0.25) is 9.59 Å². The summed E-state index contributed by atoms with van der Waals surface area (Å²) in [6.45, 7) is 0.542. The summed E-state index contributed by atoms with van der Waals surface area (Å²) in [5.74, 6) is -0.488. The second-order valence-corrected chi connectivity index (χ2v) is 7.59. The zero-order chi connectivity index (χ0) is 20.8. The number of carbonyl (C=O) groups excluding carboxylic acids is 2. The quantitative estimate of drug-likeness (QED) is 0.516. The normalized spacial score (nSPS) is 20.0.